The molecule has 0 aromatic carbocycles. The standard InChI is InChI=1S/C17H26N2O/c1-12(15-10-13-5-6-14(15)9-13)19-16(20)17(11-18)7-3-2-4-8-17/h12-15H,2-10H2,1H3,(H,19,20). The third kappa shape index (κ3) is 2.34. The van der Waals surface area contributed by atoms with Crippen LogP contribution in [0.2, 0.25) is 0 Å². The molecule has 0 spiro atoms. The Morgan fingerprint density at radius 3 is 2.55 bits per heavy atom. The summed E-state index contributed by atoms with van der Waals surface area (Å²) in [7, 11) is 0. The number of fused-ring (bicyclic) bond motifs is 2. The van der Waals surface area contributed by atoms with Crippen molar-refractivity contribution in [2.75, 3.05) is 0 Å². The first-order valence-corrected chi connectivity index (χ1v) is 8.37. The Kier molecular flexibility index (Phi) is 3.75. The number of nitrogens with one attached hydrogen (secondary N) is 1. The van der Waals surface area contributed by atoms with Gasteiger partial charge in [-0.3, -0.25) is 4.79 Å². The Morgan fingerprint density at radius 2 is 2.00 bits per heavy atom. The van der Waals surface area contributed by atoms with Gasteiger partial charge in [-0.05, 0) is 56.8 Å². The van der Waals surface area contributed by atoms with Crippen molar-refractivity contribution in [1.29, 1.82) is 5.26 Å². The zero-order valence-corrected chi connectivity index (χ0v) is 12.5. The van der Waals surface area contributed by atoms with E-state index in [0.717, 1.165) is 37.5 Å². The Balaban J connectivity index is 1.62. The van der Waals surface area contributed by atoms with Gasteiger partial charge in [0.05, 0.1) is 6.07 Å². The zero-order chi connectivity index (χ0) is 14.2. The van der Waals surface area contributed by atoms with Gasteiger partial charge in [-0.25, -0.2) is 0 Å². The second-order valence-electron chi connectivity index (χ2n) is 7.36. The van der Waals surface area contributed by atoms with Crippen LogP contribution in [0.4, 0.5) is 0 Å². The molecular formula is C17H26N2O. The molecule has 0 radical (unpaired) electrons. The molecule has 110 valence electrons. The minimum absolute atomic E-state index is 0.00923. The summed E-state index contributed by atoms with van der Waals surface area (Å²) in [6.45, 7) is 2.15. The van der Waals surface area contributed by atoms with Crippen LogP contribution in [0.1, 0.15) is 64.7 Å². The van der Waals surface area contributed by atoms with E-state index in [-0.39, 0.29) is 11.9 Å². The van der Waals surface area contributed by atoms with Crippen molar-refractivity contribution in [3.63, 3.8) is 0 Å². The van der Waals surface area contributed by atoms with Crippen LogP contribution in [-0.4, -0.2) is 11.9 Å². The molecule has 0 saturated heterocycles. The first kappa shape index (κ1) is 13.9. The van der Waals surface area contributed by atoms with E-state index in [9.17, 15) is 10.1 Å². The molecule has 1 amide bonds. The topological polar surface area (TPSA) is 52.9 Å². The maximum atomic E-state index is 12.6. The van der Waals surface area contributed by atoms with Gasteiger partial charge in [0.2, 0.25) is 5.91 Å². The molecule has 4 atom stereocenters. The molecule has 3 heteroatoms. The van der Waals surface area contributed by atoms with Crippen LogP contribution in [0.5, 0.6) is 0 Å². The molecule has 0 aliphatic heterocycles. The van der Waals surface area contributed by atoms with Crippen molar-refractivity contribution < 1.29 is 4.79 Å². The van der Waals surface area contributed by atoms with Crippen LogP contribution in [0.3, 0.4) is 0 Å². The number of hydrogen-bond acceptors (Lipinski definition) is 2. The van der Waals surface area contributed by atoms with Crippen LogP contribution >= 0.6 is 0 Å². The summed E-state index contributed by atoms with van der Waals surface area (Å²) in [6.07, 6.45) is 10.1. The summed E-state index contributed by atoms with van der Waals surface area (Å²) in [5.74, 6) is 2.38. The zero-order valence-electron chi connectivity index (χ0n) is 12.5. The average Bonchev–Trinajstić information content (AvgIpc) is 3.10. The van der Waals surface area contributed by atoms with E-state index in [1.54, 1.807) is 0 Å². The number of nitriles is 1. The fourth-order valence-corrected chi connectivity index (χ4v) is 4.90. The smallest absolute Gasteiger partial charge is 0.240 e. The van der Waals surface area contributed by atoms with Crippen molar-refractivity contribution >= 4 is 5.91 Å². The SMILES string of the molecule is CC(NC(=O)C1(C#N)CCCCC1)C1CC2CCC1C2. The lowest BCUT2D eigenvalue weighted by Crippen LogP contribution is -2.48. The quantitative estimate of drug-likeness (QED) is 0.857. The third-order valence-corrected chi connectivity index (χ3v) is 6.15. The van der Waals surface area contributed by atoms with Gasteiger partial charge in [-0.2, -0.15) is 5.26 Å². The van der Waals surface area contributed by atoms with E-state index in [1.807, 2.05) is 0 Å². The maximum Gasteiger partial charge on any atom is 0.240 e. The van der Waals surface area contributed by atoms with E-state index < -0.39 is 5.41 Å². The number of nitrogens with zero attached hydrogens (tertiary/aromatic N) is 1. The van der Waals surface area contributed by atoms with Crippen LogP contribution in [0.15, 0.2) is 0 Å². The molecule has 3 saturated carbocycles. The molecule has 1 N–H and O–H groups in total. The van der Waals surface area contributed by atoms with E-state index in [2.05, 4.69) is 18.3 Å². The van der Waals surface area contributed by atoms with Gasteiger partial charge in [-0.1, -0.05) is 25.7 Å². The van der Waals surface area contributed by atoms with Gasteiger partial charge in [0, 0.05) is 6.04 Å². The number of rotatable bonds is 3. The lowest BCUT2D eigenvalue weighted by Gasteiger charge is -2.34. The molecule has 0 aromatic rings. The number of amides is 1. The number of hydrogen-bond donors (Lipinski definition) is 1. The second-order valence-corrected chi connectivity index (χ2v) is 7.36. The van der Waals surface area contributed by atoms with Crippen LogP contribution in [0, 0.1) is 34.5 Å². The summed E-state index contributed by atoms with van der Waals surface area (Å²) >= 11 is 0. The molecule has 4 unspecified atom stereocenters. The van der Waals surface area contributed by atoms with E-state index in [4.69, 9.17) is 0 Å². The van der Waals surface area contributed by atoms with Crippen molar-refractivity contribution in [3.8, 4) is 6.07 Å². The highest BCUT2D eigenvalue weighted by molar-refractivity contribution is 5.85. The minimum atomic E-state index is -0.732. The van der Waals surface area contributed by atoms with Crippen molar-refractivity contribution in [1.82, 2.24) is 5.32 Å². The van der Waals surface area contributed by atoms with Gasteiger partial charge in [0.15, 0.2) is 0 Å². The van der Waals surface area contributed by atoms with Crippen LogP contribution in [-0.2, 0) is 4.79 Å². The Hall–Kier alpha value is -1.04. The summed E-state index contributed by atoms with van der Waals surface area (Å²) in [5.41, 5.74) is -0.732. The second kappa shape index (κ2) is 5.39. The Bertz CT molecular complexity index is 419. The molecule has 0 aromatic heterocycles. The highest BCUT2D eigenvalue weighted by Crippen LogP contribution is 2.49. The lowest BCUT2D eigenvalue weighted by atomic mass is 9.74. The summed E-state index contributed by atoms with van der Waals surface area (Å²) in [5, 5.41) is 12.7. The lowest BCUT2D eigenvalue weighted by molar-refractivity contribution is -0.130. The van der Waals surface area contributed by atoms with Gasteiger partial charge in [0.1, 0.15) is 5.41 Å². The van der Waals surface area contributed by atoms with Gasteiger partial charge in [0.25, 0.3) is 0 Å². The summed E-state index contributed by atoms with van der Waals surface area (Å²) in [6, 6.07) is 2.58. The predicted octanol–water partition coefficient (Wildman–Crippen LogP) is 3.40. The van der Waals surface area contributed by atoms with Crippen LogP contribution in [0.25, 0.3) is 0 Å². The normalized spacial score (nSPS) is 36.3. The fraction of sp³-hybridized carbons (Fsp3) is 0.882. The van der Waals surface area contributed by atoms with Crippen molar-refractivity contribution in [3.05, 3.63) is 0 Å². The largest absolute Gasteiger partial charge is 0.352 e. The Labute approximate surface area is 122 Å². The van der Waals surface area contributed by atoms with E-state index in [1.165, 1.54) is 32.1 Å². The first-order valence-electron chi connectivity index (χ1n) is 8.37. The molecule has 3 fully saturated rings. The first-order chi connectivity index (χ1) is 9.64. The van der Waals surface area contributed by atoms with E-state index in [0.29, 0.717) is 5.92 Å². The monoisotopic (exact) mass is 274 g/mol. The molecule has 2 bridgehead atoms. The maximum absolute atomic E-state index is 12.6. The number of carbonyl (C=O) groups is 1. The fourth-order valence-electron chi connectivity index (χ4n) is 4.90. The molecule has 3 rings (SSSR count). The molecular weight excluding hydrogens is 248 g/mol. The molecule has 0 heterocycles. The van der Waals surface area contributed by atoms with Gasteiger partial charge < -0.3 is 5.32 Å². The highest BCUT2D eigenvalue weighted by atomic mass is 16.2. The highest BCUT2D eigenvalue weighted by Gasteiger charge is 2.45. The van der Waals surface area contributed by atoms with Crippen molar-refractivity contribution in [2.45, 2.75) is 70.8 Å². The van der Waals surface area contributed by atoms with Crippen molar-refractivity contribution in [2.24, 2.45) is 23.2 Å². The van der Waals surface area contributed by atoms with Crippen LogP contribution < -0.4 is 5.32 Å². The predicted molar refractivity (Wildman–Crippen MR) is 77.7 cm³/mol. The average molecular weight is 274 g/mol. The Morgan fingerprint density at radius 1 is 1.25 bits per heavy atom. The summed E-state index contributed by atoms with van der Waals surface area (Å²) in [4.78, 5) is 12.6. The van der Waals surface area contributed by atoms with E-state index >= 15 is 0 Å². The third-order valence-electron chi connectivity index (χ3n) is 6.15. The minimum Gasteiger partial charge on any atom is -0.352 e. The van der Waals surface area contributed by atoms with Gasteiger partial charge >= 0.3 is 0 Å². The van der Waals surface area contributed by atoms with Gasteiger partial charge in [-0.15, -0.1) is 0 Å². The molecule has 3 aliphatic rings. The number of carbonyl (C=O) groups excluding carboxylic acids is 1. The molecule has 3 nitrogen and oxygen atoms in total. The molecule has 3 aliphatic carbocycles. The summed E-state index contributed by atoms with van der Waals surface area (Å²) < 4.78 is 0. The molecule has 20 heavy (non-hydrogen) atoms.